The second-order valence-electron chi connectivity index (χ2n) is 7.86. The van der Waals surface area contributed by atoms with E-state index in [9.17, 15) is 9.90 Å². The van der Waals surface area contributed by atoms with Crippen molar-refractivity contribution in [3.8, 4) is 11.5 Å². The Morgan fingerprint density at radius 1 is 0.933 bits per heavy atom. The molecule has 0 saturated carbocycles. The summed E-state index contributed by atoms with van der Waals surface area (Å²) in [5, 5.41) is 9.28. The lowest BCUT2D eigenvalue weighted by Gasteiger charge is -2.32. The highest BCUT2D eigenvalue weighted by molar-refractivity contribution is 5.85. The van der Waals surface area contributed by atoms with Gasteiger partial charge in [-0.05, 0) is 44.5 Å². The number of ether oxygens (including phenoxy) is 1. The molecule has 1 N–H and O–H groups in total. The molecule has 2 aromatic carbocycles. The van der Waals surface area contributed by atoms with Crippen LogP contribution in [0.3, 0.4) is 0 Å². The third-order valence-corrected chi connectivity index (χ3v) is 5.76. The summed E-state index contributed by atoms with van der Waals surface area (Å²) < 4.78 is 6.17. The Kier molecular flexibility index (Phi) is 9.43. The van der Waals surface area contributed by atoms with Crippen LogP contribution in [0.2, 0.25) is 0 Å². The molecule has 0 aliphatic carbocycles. The van der Waals surface area contributed by atoms with Gasteiger partial charge in [-0.2, -0.15) is 0 Å². The second-order valence-corrected chi connectivity index (χ2v) is 7.86. The molecule has 0 amide bonds. The number of hydrogen-bond acceptors (Lipinski definition) is 4. The first kappa shape index (κ1) is 24.5. The van der Waals surface area contributed by atoms with Crippen LogP contribution in [0.5, 0.6) is 11.5 Å². The number of likely N-dealkylation sites (tertiary alicyclic amines) is 1. The minimum atomic E-state index is -0.651. The molecule has 1 saturated heterocycles. The zero-order chi connectivity index (χ0) is 19.3. The molecule has 7 heteroatoms. The van der Waals surface area contributed by atoms with E-state index >= 15 is 0 Å². The average molecular weight is 453 g/mol. The van der Waals surface area contributed by atoms with E-state index in [4.69, 9.17) is 4.74 Å². The molecule has 5 nitrogen and oxygen atoms in total. The van der Waals surface area contributed by atoms with Crippen molar-refractivity contribution >= 4 is 30.8 Å². The van der Waals surface area contributed by atoms with Gasteiger partial charge in [-0.3, -0.25) is 9.69 Å². The highest BCUT2D eigenvalue weighted by Crippen LogP contribution is 2.32. The highest BCUT2D eigenvalue weighted by atomic mass is 35.5. The molecule has 0 aromatic heterocycles. The Balaban J connectivity index is 0.00000160. The van der Waals surface area contributed by atoms with Gasteiger partial charge in [0.05, 0.1) is 5.92 Å². The number of benzene rings is 2. The summed E-state index contributed by atoms with van der Waals surface area (Å²) in [4.78, 5) is 16.1. The van der Waals surface area contributed by atoms with E-state index in [0.29, 0.717) is 6.54 Å². The Bertz CT molecular complexity index is 786. The number of fused-ring (bicyclic) bond motifs is 2. The van der Waals surface area contributed by atoms with Crippen LogP contribution in [0, 0.1) is 5.92 Å². The second kappa shape index (κ2) is 11.6. The summed E-state index contributed by atoms with van der Waals surface area (Å²) in [5.41, 5.74) is 2.42. The summed E-state index contributed by atoms with van der Waals surface area (Å²) >= 11 is 0. The van der Waals surface area contributed by atoms with Crippen LogP contribution in [0.4, 0.5) is 0 Å². The maximum atomic E-state index is 11.3. The van der Waals surface area contributed by atoms with Crippen LogP contribution in [0.1, 0.15) is 30.4 Å². The molecule has 0 spiro atoms. The van der Waals surface area contributed by atoms with Crippen molar-refractivity contribution in [1.29, 1.82) is 0 Å². The van der Waals surface area contributed by atoms with Crippen molar-refractivity contribution in [2.45, 2.75) is 32.4 Å². The molecule has 0 bridgehead atoms. The number of carboxylic acid groups (broad SMARTS) is 1. The number of aliphatic carboxylic acids is 1. The van der Waals surface area contributed by atoms with Crippen molar-refractivity contribution in [1.82, 2.24) is 9.80 Å². The highest BCUT2D eigenvalue weighted by Gasteiger charge is 2.25. The van der Waals surface area contributed by atoms with Crippen LogP contribution in [-0.2, 0) is 17.9 Å². The number of piperidine rings is 1. The predicted octanol–water partition coefficient (Wildman–Crippen LogP) is 4.82. The maximum absolute atomic E-state index is 11.3. The monoisotopic (exact) mass is 452 g/mol. The number of halogens is 2. The fourth-order valence-corrected chi connectivity index (χ4v) is 4.26. The normalized spacial score (nSPS) is 19.0. The van der Waals surface area contributed by atoms with E-state index in [1.807, 2.05) is 24.3 Å². The quantitative estimate of drug-likeness (QED) is 0.703. The van der Waals surface area contributed by atoms with Crippen LogP contribution in [0.25, 0.3) is 0 Å². The summed E-state index contributed by atoms with van der Waals surface area (Å²) in [5.74, 6) is 1.01. The summed E-state index contributed by atoms with van der Waals surface area (Å²) in [6.45, 7) is 5.37. The number of carbonyl (C=O) groups is 1. The first-order valence-electron chi connectivity index (χ1n) is 10.2. The van der Waals surface area contributed by atoms with E-state index in [2.05, 4.69) is 34.1 Å². The smallest absolute Gasteiger partial charge is 0.307 e. The topological polar surface area (TPSA) is 53.0 Å². The van der Waals surface area contributed by atoms with Gasteiger partial charge in [0.25, 0.3) is 0 Å². The minimum absolute atomic E-state index is 0. The van der Waals surface area contributed by atoms with Crippen molar-refractivity contribution in [2.75, 3.05) is 26.2 Å². The number of carboxylic acids is 1. The number of rotatable bonds is 5. The Labute approximate surface area is 190 Å². The van der Waals surface area contributed by atoms with Crippen LogP contribution >= 0.6 is 24.8 Å². The molecule has 1 fully saturated rings. The molecule has 1 atom stereocenters. The average Bonchev–Trinajstić information content (AvgIpc) is 2.69. The van der Waals surface area contributed by atoms with Crippen LogP contribution < -0.4 is 4.74 Å². The molecular weight excluding hydrogens is 423 g/mol. The number of hydrogen-bond donors (Lipinski definition) is 1. The van der Waals surface area contributed by atoms with Crippen LogP contribution in [-0.4, -0.2) is 47.1 Å². The maximum Gasteiger partial charge on any atom is 0.307 e. The van der Waals surface area contributed by atoms with Gasteiger partial charge in [-0.15, -0.1) is 24.8 Å². The third-order valence-electron chi connectivity index (χ3n) is 5.76. The zero-order valence-electron chi connectivity index (χ0n) is 17.0. The Morgan fingerprint density at radius 3 is 2.10 bits per heavy atom. The molecule has 30 heavy (non-hydrogen) atoms. The largest absolute Gasteiger partial charge is 0.481 e. The zero-order valence-corrected chi connectivity index (χ0v) is 18.7. The van der Waals surface area contributed by atoms with Gasteiger partial charge in [0, 0.05) is 37.3 Å². The van der Waals surface area contributed by atoms with Crippen molar-refractivity contribution in [2.24, 2.45) is 5.92 Å². The fraction of sp³-hybridized carbons (Fsp3) is 0.435. The molecule has 4 rings (SSSR count). The third kappa shape index (κ3) is 6.11. The van der Waals surface area contributed by atoms with E-state index < -0.39 is 5.97 Å². The van der Waals surface area contributed by atoms with E-state index in [0.717, 1.165) is 63.5 Å². The van der Waals surface area contributed by atoms with Gasteiger partial charge in [0.2, 0.25) is 0 Å². The van der Waals surface area contributed by atoms with Crippen LogP contribution in [0.15, 0.2) is 48.5 Å². The van der Waals surface area contributed by atoms with E-state index in [-0.39, 0.29) is 30.7 Å². The summed E-state index contributed by atoms with van der Waals surface area (Å²) in [6.07, 6.45) is 2.84. The van der Waals surface area contributed by atoms with E-state index in [1.165, 1.54) is 11.1 Å². The molecular formula is C23H30Cl2N2O3. The van der Waals surface area contributed by atoms with Gasteiger partial charge < -0.3 is 14.7 Å². The standard InChI is InChI=1S/C23H28N2O3.2ClH/c26-23(27)20-9-5-12-24(17-20)13-6-14-25-15-18-7-1-3-10-21(18)28-22-11-4-2-8-19(22)16-25;;/h1-4,7-8,10-11,20H,5-6,9,12-17H2,(H,26,27);2*1H/t20-;;/m1../s1. The van der Waals surface area contributed by atoms with Crippen molar-refractivity contribution in [3.63, 3.8) is 0 Å². The molecule has 2 aliphatic rings. The first-order chi connectivity index (χ1) is 13.7. The van der Waals surface area contributed by atoms with Crippen molar-refractivity contribution in [3.05, 3.63) is 59.7 Å². The van der Waals surface area contributed by atoms with Gasteiger partial charge in [-0.25, -0.2) is 0 Å². The predicted molar refractivity (Wildman–Crippen MR) is 123 cm³/mol. The molecule has 0 unspecified atom stereocenters. The van der Waals surface area contributed by atoms with Gasteiger partial charge in [0.1, 0.15) is 11.5 Å². The number of para-hydroxylation sites is 2. The summed E-state index contributed by atoms with van der Waals surface area (Å²) in [7, 11) is 0. The minimum Gasteiger partial charge on any atom is -0.481 e. The van der Waals surface area contributed by atoms with E-state index in [1.54, 1.807) is 0 Å². The molecule has 2 aliphatic heterocycles. The van der Waals surface area contributed by atoms with Gasteiger partial charge >= 0.3 is 5.97 Å². The lowest BCUT2D eigenvalue weighted by molar-refractivity contribution is -0.143. The summed E-state index contributed by atoms with van der Waals surface area (Å²) in [6, 6.07) is 16.5. The van der Waals surface area contributed by atoms with Gasteiger partial charge in [-0.1, -0.05) is 36.4 Å². The first-order valence-corrected chi connectivity index (χ1v) is 10.2. The SMILES string of the molecule is Cl.Cl.O=C(O)[C@@H]1CCCN(CCCN2Cc3ccccc3Oc3ccccc3C2)C1. The fourth-order valence-electron chi connectivity index (χ4n) is 4.26. The van der Waals surface area contributed by atoms with Gasteiger partial charge in [0.15, 0.2) is 0 Å². The Morgan fingerprint density at radius 2 is 1.50 bits per heavy atom. The molecule has 2 heterocycles. The lowest BCUT2D eigenvalue weighted by atomic mass is 9.98. The molecule has 0 radical (unpaired) electrons. The lowest BCUT2D eigenvalue weighted by Crippen LogP contribution is -2.40. The molecule has 164 valence electrons. The van der Waals surface area contributed by atoms with Crippen molar-refractivity contribution < 1.29 is 14.6 Å². The number of nitrogens with zero attached hydrogens (tertiary/aromatic N) is 2. The Hall–Kier alpha value is -1.79. The molecule has 2 aromatic rings.